The van der Waals surface area contributed by atoms with Crippen LogP contribution >= 0.6 is 0 Å². The Bertz CT molecular complexity index is 489. The van der Waals surface area contributed by atoms with Crippen LogP contribution in [0.25, 0.3) is 0 Å². The molecule has 0 aliphatic heterocycles. The molecule has 1 rings (SSSR count). The largest absolute Gasteiger partial charge is 0.434 e. The monoisotopic (exact) mass is 250 g/mol. The number of rotatable bonds is 2. The minimum absolute atomic E-state index is 0.372. The minimum atomic E-state index is -5.03. The summed E-state index contributed by atoms with van der Waals surface area (Å²) in [6, 6.07) is 1.26. The molecule has 1 heterocycles. The summed E-state index contributed by atoms with van der Waals surface area (Å²) in [6.45, 7) is 0. The van der Waals surface area contributed by atoms with Crippen LogP contribution in [0.15, 0.2) is 6.20 Å². The Balaban J connectivity index is 3.66. The number of aromatic nitrogens is 1. The van der Waals surface area contributed by atoms with Crippen molar-refractivity contribution in [2.75, 3.05) is 0 Å². The molecule has 0 saturated heterocycles. The van der Waals surface area contributed by atoms with Crippen molar-refractivity contribution in [3.05, 3.63) is 28.6 Å². The smallest absolute Gasteiger partial charge is 0.298 e. The van der Waals surface area contributed by atoms with Crippen LogP contribution in [0.5, 0.6) is 0 Å². The molecule has 0 bridgehead atoms. The summed E-state index contributed by atoms with van der Waals surface area (Å²) in [7, 11) is 0. The van der Waals surface area contributed by atoms with Crippen molar-refractivity contribution >= 4 is 6.29 Å². The topological polar surface area (TPSA) is 53.8 Å². The highest BCUT2D eigenvalue weighted by Crippen LogP contribution is 2.35. The standard InChI is InChI=1S/C9H3F5N2O/c10-8(11)6-4(1-15)2-16-7(5(6)3-17)9(12,13)14/h2-3,8H. The van der Waals surface area contributed by atoms with E-state index in [1.54, 1.807) is 0 Å². The van der Waals surface area contributed by atoms with Gasteiger partial charge in [-0.25, -0.2) is 13.8 Å². The molecule has 0 N–H and O–H groups in total. The summed E-state index contributed by atoms with van der Waals surface area (Å²) in [5, 5.41) is 8.46. The summed E-state index contributed by atoms with van der Waals surface area (Å²) >= 11 is 0. The lowest BCUT2D eigenvalue weighted by atomic mass is 10.0. The van der Waals surface area contributed by atoms with E-state index in [9.17, 15) is 26.7 Å². The van der Waals surface area contributed by atoms with E-state index in [0.29, 0.717) is 6.20 Å². The molecule has 0 radical (unpaired) electrons. The van der Waals surface area contributed by atoms with E-state index in [1.165, 1.54) is 6.07 Å². The van der Waals surface area contributed by atoms with E-state index in [4.69, 9.17) is 5.26 Å². The first-order chi connectivity index (χ1) is 7.82. The van der Waals surface area contributed by atoms with Crippen molar-refractivity contribution in [2.45, 2.75) is 12.6 Å². The predicted molar refractivity (Wildman–Crippen MR) is 44.3 cm³/mol. The maximum absolute atomic E-state index is 12.5. The van der Waals surface area contributed by atoms with Gasteiger partial charge in [0.1, 0.15) is 6.07 Å². The molecule has 0 atom stereocenters. The Kier molecular flexibility index (Phi) is 3.41. The average molecular weight is 250 g/mol. The van der Waals surface area contributed by atoms with Crippen molar-refractivity contribution in [3.63, 3.8) is 0 Å². The number of carbonyl (C=O) groups excluding carboxylic acids is 1. The van der Waals surface area contributed by atoms with Gasteiger partial charge < -0.3 is 0 Å². The molecule has 0 unspecified atom stereocenters. The van der Waals surface area contributed by atoms with Crippen LogP contribution in [-0.4, -0.2) is 11.3 Å². The second kappa shape index (κ2) is 4.45. The predicted octanol–water partition coefficient (Wildman–Crippen LogP) is 2.72. The molecule has 17 heavy (non-hydrogen) atoms. The Hall–Kier alpha value is -2.04. The van der Waals surface area contributed by atoms with E-state index >= 15 is 0 Å². The third-order valence-corrected chi connectivity index (χ3v) is 1.88. The molecule has 1 aromatic rings. The van der Waals surface area contributed by atoms with E-state index in [0.717, 1.165) is 0 Å². The van der Waals surface area contributed by atoms with Crippen LogP contribution in [0.4, 0.5) is 22.0 Å². The van der Waals surface area contributed by atoms with Gasteiger partial charge in [-0.2, -0.15) is 18.4 Å². The van der Waals surface area contributed by atoms with Crippen molar-refractivity contribution < 1.29 is 26.7 Å². The van der Waals surface area contributed by atoms with Gasteiger partial charge in [0.2, 0.25) is 0 Å². The van der Waals surface area contributed by atoms with Gasteiger partial charge in [-0.3, -0.25) is 4.79 Å². The normalized spacial score (nSPS) is 11.4. The zero-order valence-corrected chi connectivity index (χ0v) is 7.92. The summed E-state index contributed by atoms with van der Waals surface area (Å²) in [6.07, 6.45) is -8.41. The number of halogens is 5. The lowest BCUT2D eigenvalue weighted by molar-refractivity contribution is -0.141. The SMILES string of the molecule is N#Cc1cnc(C(F)(F)F)c(C=O)c1C(F)F. The highest BCUT2D eigenvalue weighted by molar-refractivity contribution is 5.80. The Labute approximate surface area is 91.5 Å². The summed E-state index contributed by atoms with van der Waals surface area (Å²) in [4.78, 5) is 13.3. The van der Waals surface area contributed by atoms with Crippen LogP contribution in [0.3, 0.4) is 0 Å². The number of alkyl halides is 5. The molecule has 0 aliphatic rings. The van der Waals surface area contributed by atoms with Crippen molar-refractivity contribution in [1.82, 2.24) is 4.98 Å². The first-order valence-corrected chi connectivity index (χ1v) is 4.06. The maximum atomic E-state index is 12.5. The molecule has 0 saturated carbocycles. The number of hydrogen-bond donors (Lipinski definition) is 0. The Morgan fingerprint density at radius 1 is 1.41 bits per heavy atom. The molecule has 0 aromatic carbocycles. The number of aldehydes is 1. The van der Waals surface area contributed by atoms with Gasteiger partial charge in [-0.05, 0) is 0 Å². The zero-order valence-electron chi connectivity index (χ0n) is 7.92. The number of nitrogens with zero attached hydrogens (tertiary/aromatic N) is 2. The molecule has 90 valence electrons. The van der Waals surface area contributed by atoms with Crippen molar-refractivity contribution in [1.29, 1.82) is 5.26 Å². The van der Waals surface area contributed by atoms with E-state index < -0.39 is 35.0 Å². The number of carbonyl (C=O) groups is 1. The average Bonchev–Trinajstić information content (AvgIpc) is 2.25. The molecule has 3 nitrogen and oxygen atoms in total. The van der Waals surface area contributed by atoms with Crippen LogP contribution in [0.1, 0.15) is 33.6 Å². The van der Waals surface area contributed by atoms with Gasteiger partial charge in [-0.15, -0.1) is 0 Å². The van der Waals surface area contributed by atoms with E-state index in [-0.39, 0.29) is 6.29 Å². The molecule has 0 spiro atoms. The minimum Gasteiger partial charge on any atom is -0.298 e. The first-order valence-electron chi connectivity index (χ1n) is 4.06. The quantitative estimate of drug-likeness (QED) is 0.599. The van der Waals surface area contributed by atoms with Crippen LogP contribution in [0.2, 0.25) is 0 Å². The molecule has 0 aliphatic carbocycles. The van der Waals surface area contributed by atoms with Gasteiger partial charge in [0.15, 0.2) is 12.0 Å². The maximum Gasteiger partial charge on any atom is 0.434 e. The zero-order chi connectivity index (χ0) is 13.2. The summed E-state index contributed by atoms with van der Waals surface area (Å²) < 4.78 is 62.1. The van der Waals surface area contributed by atoms with Crippen LogP contribution < -0.4 is 0 Å². The fourth-order valence-electron chi connectivity index (χ4n) is 1.21. The van der Waals surface area contributed by atoms with Gasteiger partial charge in [0.05, 0.1) is 11.1 Å². The van der Waals surface area contributed by atoms with Crippen LogP contribution in [-0.2, 0) is 6.18 Å². The lowest BCUT2D eigenvalue weighted by Crippen LogP contribution is -2.15. The third kappa shape index (κ3) is 2.38. The highest BCUT2D eigenvalue weighted by atomic mass is 19.4. The summed E-state index contributed by atoms with van der Waals surface area (Å²) in [5.74, 6) is 0. The Morgan fingerprint density at radius 2 is 2.00 bits per heavy atom. The molecule has 1 aromatic heterocycles. The molecular weight excluding hydrogens is 247 g/mol. The van der Waals surface area contributed by atoms with Crippen molar-refractivity contribution in [3.8, 4) is 6.07 Å². The molecule has 0 amide bonds. The van der Waals surface area contributed by atoms with Gasteiger partial charge in [0, 0.05) is 11.8 Å². The second-order valence-electron chi connectivity index (χ2n) is 2.88. The fourth-order valence-corrected chi connectivity index (χ4v) is 1.21. The molecular formula is C9H3F5N2O. The number of pyridine rings is 1. The Morgan fingerprint density at radius 3 is 2.35 bits per heavy atom. The van der Waals surface area contributed by atoms with Gasteiger partial charge in [-0.1, -0.05) is 0 Å². The van der Waals surface area contributed by atoms with Crippen molar-refractivity contribution in [2.24, 2.45) is 0 Å². The van der Waals surface area contributed by atoms with Gasteiger partial charge >= 0.3 is 6.18 Å². The molecule has 0 fully saturated rings. The summed E-state index contributed by atoms with van der Waals surface area (Å²) in [5.41, 5.74) is -5.02. The van der Waals surface area contributed by atoms with Gasteiger partial charge in [0.25, 0.3) is 6.43 Å². The fraction of sp³-hybridized carbons (Fsp3) is 0.222. The highest BCUT2D eigenvalue weighted by Gasteiger charge is 2.38. The second-order valence-corrected chi connectivity index (χ2v) is 2.88. The van der Waals surface area contributed by atoms with E-state index in [1.807, 2.05) is 0 Å². The third-order valence-electron chi connectivity index (χ3n) is 1.88. The number of nitriles is 1. The molecule has 8 heteroatoms. The first kappa shape index (κ1) is 13.0. The van der Waals surface area contributed by atoms with Crippen LogP contribution in [0, 0.1) is 11.3 Å². The lowest BCUT2D eigenvalue weighted by Gasteiger charge is -2.12. The number of hydrogen-bond acceptors (Lipinski definition) is 3. The van der Waals surface area contributed by atoms with E-state index in [2.05, 4.69) is 4.98 Å².